The normalized spacial score (nSPS) is 13.1. The van der Waals surface area contributed by atoms with Crippen molar-refractivity contribution >= 4 is 68.2 Å². The fraction of sp³-hybridized carbons (Fsp3) is 0.0417. The predicted octanol–water partition coefficient (Wildman–Crippen LogP) is 12.3. The molecule has 242 valence electrons. The number of hydrogen-bond acceptors (Lipinski definition) is 2. The van der Waals surface area contributed by atoms with Gasteiger partial charge in [0.2, 0.25) is 0 Å². The Labute approximate surface area is 298 Å². The largest absolute Gasteiger partial charge is 0.455 e. The van der Waals surface area contributed by atoms with Gasteiger partial charge in [-0.25, -0.2) is 0 Å². The van der Waals surface area contributed by atoms with Crippen molar-refractivity contribution < 1.29 is 4.42 Å². The minimum absolute atomic E-state index is 0.945. The van der Waals surface area contributed by atoms with E-state index in [1.54, 1.807) is 0 Å². The van der Waals surface area contributed by atoms with Crippen LogP contribution in [0, 0.1) is 0 Å². The second-order valence-electron chi connectivity index (χ2n) is 14.1. The molecule has 0 radical (unpaired) electrons. The first kappa shape index (κ1) is 29.7. The van der Waals surface area contributed by atoms with E-state index in [2.05, 4.69) is 194 Å². The molecule has 0 amide bonds. The van der Waals surface area contributed by atoms with E-state index in [0.29, 0.717) is 0 Å². The summed E-state index contributed by atoms with van der Waals surface area (Å²) < 4.78 is 6.62. The molecule has 0 spiro atoms. The molecule has 51 heavy (non-hydrogen) atoms. The van der Waals surface area contributed by atoms with Crippen molar-refractivity contribution in [1.82, 2.24) is 0 Å². The Morgan fingerprint density at radius 1 is 0.431 bits per heavy atom. The maximum Gasteiger partial charge on any atom is 0.143 e. The summed E-state index contributed by atoms with van der Waals surface area (Å²) in [5.41, 5.74) is 12.8. The lowest BCUT2D eigenvalue weighted by Gasteiger charge is -2.29. The smallest absolute Gasteiger partial charge is 0.143 e. The van der Waals surface area contributed by atoms with E-state index < -0.39 is 8.07 Å². The van der Waals surface area contributed by atoms with Gasteiger partial charge in [0.15, 0.2) is 0 Å². The molecule has 0 N–H and O–H groups in total. The molecule has 2 nitrogen and oxygen atoms in total. The number of anilines is 3. The Morgan fingerprint density at radius 2 is 1.08 bits per heavy atom. The Kier molecular flexibility index (Phi) is 6.67. The minimum Gasteiger partial charge on any atom is -0.455 e. The Balaban J connectivity index is 1.21. The first-order chi connectivity index (χ1) is 25.1. The SMILES string of the molecule is C[Si]1(C)c2cc(N(c3cccc(-c4ccccc4)c3)c3ccc(-c4ccccc4)c4ccccc34)ccc2-c2c1ccc1c2oc2ccccc21. The summed E-state index contributed by atoms with van der Waals surface area (Å²) in [6.07, 6.45) is 0. The van der Waals surface area contributed by atoms with Gasteiger partial charge < -0.3 is 9.32 Å². The lowest BCUT2D eigenvalue weighted by atomic mass is 9.96. The minimum atomic E-state index is -2.08. The van der Waals surface area contributed by atoms with Crippen LogP contribution < -0.4 is 15.3 Å². The number of hydrogen-bond donors (Lipinski definition) is 0. The van der Waals surface area contributed by atoms with Crippen LogP contribution in [0.25, 0.3) is 66.1 Å². The van der Waals surface area contributed by atoms with Crippen LogP contribution in [-0.4, -0.2) is 8.07 Å². The van der Waals surface area contributed by atoms with Gasteiger partial charge in [-0.1, -0.05) is 153 Å². The van der Waals surface area contributed by atoms with Crippen LogP contribution in [0.5, 0.6) is 0 Å². The molecule has 1 aliphatic rings. The van der Waals surface area contributed by atoms with Crippen molar-refractivity contribution in [2.75, 3.05) is 4.90 Å². The maximum atomic E-state index is 6.62. The van der Waals surface area contributed by atoms with E-state index in [0.717, 1.165) is 28.2 Å². The van der Waals surface area contributed by atoms with Crippen molar-refractivity contribution in [3.63, 3.8) is 0 Å². The molecule has 2 heterocycles. The lowest BCUT2D eigenvalue weighted by molar-refractivity contribution is 0.670. The van der Waals surface area contributed by atoms with Crippen molar-refractivity contribution in [3.05, 3.63) is 176 Å². The van der Waals surface area contributed by atoms with Crippen LogP contribution in [0.3, 0.4) is 0 Å². The molecular weight excluding hydrogens is 635 g/mol. The fourth-order valence-electron chi connectivity index (χ4n) is 8.36. The Bertz CT molecular complexity index is 2780. The monoisotopic (exact) mass is 669 g/mol. The van der Waals surface area contributed by atoms with E-state index in [1.165, 1.54) is 65.3 Å². The average molecular weight is 670 g/mol. The zero-order valence-electron chi connectivity index (χ0n) is 28.6. The van der Waals surface area contributed by atoms with Crippen LogP contribution in [0.4, 0.5) is 17.1 Å². The summed E-state index contributed by atoms with van der Waals surface area (Å²) in [5.74, 6) is 0. The first-order valence-electron chi connectivity index (χ1n) is 17.7. The lowest BCUT2D eigenvalue weighted by Crippen LogP contribution is -2.49. The molecule has 8 aromatic carbocycles. The van der Waals surface area contributed by atoms with Crippen LogP contribution in [0.2, 0.25) is 13.1 Å². The van der Waals surface area contributed by atoms with Crippen molar-refractivity contribution in [3.8, 4) is 33.4 Å². The summed E-state index contributed by atoms with van der Waals surface area (Å²) in [4.78, 5) is 2.47. The van der Waals surface area contributed by atoms with Gasteiger partial charge in [0.05, 0.1) is 5.69 Å². The van der Waals surface area contributed by atoms with Crippen LogP contribution >= 0.6 is 0 Å². The third-order valence-corrected chi connectivity index (χ3v) is 14.4. The maximum absolute atomic E-state index is 6.62. The van der Waals surface area contributed by atoms with Gasteiger partial charge in [0.25, 0.3) is 0 Å². The highest BCUT2D eigenvalue weighted by Gasteiger charge is 2.40. The van der Waals surface area contributed by atoms with Crippen molar-refractivity contribution in [1.29, 1.82) is 0 Å². The third-order valence-electron chi connectivity index (χ3n) is 10.9. The van der Waals surface area contributed by atoms with E-state index in [-0.39, 0.29) is 0 Å². The highest BCUT2D eigenvalue weighted by Crippen LogP contribution is 2.45. The molecule has 0 saturated heterocycles. The quantitative estimate of drug-likeness (QED) is 0.170. The molecule has 0 bridgehead atoms. The summed E-state index contributed by atoms with van der Waals surface area (Å²) in [5, 5.41) is 7.70. The topological polar surface area (TPSA) is 16.4 Å². The van der Waals surface area contributed by atoms with Crippen molar-refractivity contribution in [2.45, 2.75) is 13.1 Å². The number of fused-ring (bicyclic) bond motifs is 8. The van der Waals surface area contributed by atoms with E-state index in [9.17, 15) is 0 Å². The third kappa shape index (κ3) is 4.62. The zero-order valence-corrected chi connectivity index (χ0v) is 29.6. The van der Waals surface area contributed by atoms with Gasteiger partial charge in [-0.3, -0.25) is 0 Å². The summed E-state index contributed by atoms with van der Waals surface area (Å²) in [6.45, 7) is 4.97. The molecule has 0 fully saturated rings. The van der Waals surface area contributed by atoms with Gasteiger partial charge in [-0.2, -0.15) is 0 Å². The van der Waals surface area contributed by atoms with Gasteiger partial charge in [0.1, 0.15) is 19.2 Å². The molecule has 3 heteroatoms. The molecule has 0 unspecified atom stereocenters. The Hall–Kier alpha value is -6.16. The molecule has 10 rings (SSSR count). The summed E-state index contributed by atoms with van der Waals surface area (Å²) >= 11 is 0. The standard InChI is InChI=1S/C48H35NOSi/c1-51(2)45-29-27-41-40-22-11-12-23-44(40)50-48(41)47(45)42-25-24-36(31-46(42)51)49(35-19-13-18-34(30-35)32-14-5-3-6-15-32)43-28-26-37(33-16-7-4-8-17-33)38-20-9-10-21-39(38)43/h3-31H,1-2H3. The number of rotatable bonds is 5. The predicted molar refractivity (Wildman–Crippen MR) is 219 cm³/mol. The van der Waals surface area contributed by atoms with Gasteiger partial charge in [-0.05, 0) is 80.0 Å². The number of nitrogens with zero attached hydrogens (tertiary/aromatic N) is 1. The highest BCUT2D eigenvalue weighted by molar-refractivity contribution is 7.04. The molecule has 0 saturated carbocycles. The van der Waals surface area contributed by atoms with Gasteiger partial charge in [-0.15, -0.1) is 0 Å². The van der Waals surface area contributed by atoms with E-state index in [4.69, 9.17) is 4.42 Å². The highest BCUT2D eigenvalue weighted by atomic mass is 28.3. The average Bonchev–Trinajstić information content (AvgIpc) is 3.68. The molecule has 1 aliphatic heterocycles. The van der Waals surface area contributed by atoms with E-state index >= 15 is 0 Å². The van der Waals surface area contributed by atoms with Crippen molar-refractivity contribution in [2.24, 2.45) is 0 Å². The second-order valence-corrected chi connectivity index (χ2v) is 18.4. The zero-order chi connectivity index (χ0) is 34.1. The molecular formula is C48H35NOSi. The Morgan fingerprint density at radius 3 is 1.88 bits per heavy atom. The molecule has 0 atom stereocenters. The van der Waals surface area contributed by atoms with Crippen LogP contribution in [0.15, 0.2) is 180 Å². The fourth-order valence-corrected chi connectivity index (χ4v) is 11.4. The van der Waals surface area contributed by atoms with Crippen LogP contribution in [-0.2, 0) is 0 Å². The first-order valence-corrected chi connectivity index (χ1v) is 20.7. The van der Waals surface area contributed by atoms with Gasteiger partial charge in [0, 0.05) is 33.1 Å². The number of benzene rings is 8. The summed E-state index contributed by atoms with van der Waals surface area (Å²) in [7, 11) is -2.08. The van der Waals surface area contributed by atoms with E-state index in [1.807, 2.05) is 0 Å². The van der Waals surface area contributed by atoms with Crippen LogP contribution in [0.1, 0.15) is 0 Å². The second kappa shape index (κ2) is 11.4. The van der Waals surface area contributed by atoms with Gasteiger partial charge >= 0.3 is 0 Å². The summed E-state index contributed by atoms with van der Waals surface area (Å²) in [6, 6.07) is 64.0. The molecule has 0 aliphatic carbocycles. The number of para-hydroxylation sites is 1. The molecule has 9 aromatic rings. The number of furan rings is 1. The molecule has 1 aromatic heterocycles.